The number of aromatic nitrogens is 2. The molecule has 0 spiro atoms. The van der Waals surface area contributed by atoms with E-state index >= 15 is 0 Å². The molecule has 1 rings (SSSR count). The van der Waals surface area contributed by atoms with Crippen LogP contribution in [0.3, 0.4) is 0 Å². The van der Waals surface area contributed by atoms with E-state index in [4.69, 9.17) is 5.11 Å². The maximum Gasteiger partial charge on any atom is 0.333 e. The van der Waals surface area contributed by atoms with Gasteiger partial charge in [-0.1, -0.05) is 6.58 Å². The van der Waals surface area contributed by atoms with E-state index < -0.39 is 5.97 Å². The van der Waals surface area contributed by atoms with Gasteiger partial charge in [0.15, 0.2) is 0 Å². The Hall–Kier alpha value is -1.62. The molecule has 0 aliphatic rings. The number of carbonyl (C=O) groups excluding carboxylic acids is 1. The van der Waals surface area contributed by atoms with Gasteiger partial charge in [-0.25, -0.2) is 9.78 Å². The summed E-state index contributed by atoms with van der Waals surface area (Å²) in [6.45, 7) is 3.38. The van der Waals surface area contributed by atoms with E-state index in [1.807, 2.05) is 0 Å². The van der Waals surface area contributed by atoms with Crippen molar-refractivity contribution in [2.75, 3.05) is 13.2 Å². The molecule has 0 atom stereocenters. The SMILES string of the molecule is C=C(Cc1ncc[nH]1)C(=O)OCCO. The topological polar surface area (TPSA) is 75.2 Å². The van der Waals surface area contributed by atoms with Gasteiger partial charge in [-0.2, -0.15) is 0 Å². The van der Waals surface area contributed by atoms with Crippen LogP contribution in [0.1, 0.15) is 5.82 Å². The lowest BCUT2D eigenvalue weighted by Crippen LogP contribution is -2.12. The highest BCUT2D eigenvalue weighted by molar-refractivity contribution is 5.88. The minimum atomic E-state index is -0.504. The highest BCUT2D eigenvalue weighted by Crippen LogP contribution is 2.02. The predicted molar refractivity (Wildman–Crippen MR) is 49.5 cm³/mol. The summed E-state index contributed by atoms with van der Waals surface area (Å²) in [7, 11) is 0. The Kier molecular flexibility index (Phi) is 3.87. The molecule has 76 valence electrons. The summed E-state index contributed by atoms with van der Waals surface area (Å²) in [5, 5.41) is 8.43. The molecule has 5 heteroatoms. The Morgan fingerprint density at radius 2 is 2.50 bits per heavy atom. The third kappa shape index (κ3) is 3.02. The number of aromatic amines is 1. The molecule has 0 aromatic carbocycles. The molecule has 0 radical (unpaired) electrons. The Morgan fingerprint density at radius 1 is 1.71 bits per heavy atom. The average Bonchev–Trinajstić information content (AvgIpc) is 2.66. The van der Waals surface area contributed by atoms with Gasteiger partial charge in [-0.15, -0.1) is 0 Å². The third-order valence-electron chi connectivity index (χ3n) is 1.55. The van der Waals surface area contributed by atoms with Crippen LogP contribution in [0.2, 0.25) is 0 Å². The van der Waals surface area contributed by atoms with E-state index in [9.17, 15) is 4.79 Å². The molecule has 1 aromatic rings. The number of imidazole rings is 1. The van der Waals surface area contributed by atoms with Gasteiger partial charge >= 0.3 is 5.97 Å². The molecule has 1 aromatic heterocycles. The number of hydrogen-bond donors (Lipinski definition) is 2. The Labute approximate surface area is 81.4 Å². The molecule has 0 saturated heterocycles. The number of esters is 1. The van der Waals surface area contributed by atoms with Crippen molar-refractivity contribution in [1.29, 1.82) is 0 Å². The van der Waals surface area contributed by atoms with Gasteiger partial charge in [0.1, 0.15) is 12.4 Å². The van der Waals surface area contributed by atoms with E-state index in [0.29, 0.717) is 17.8 Å². The van der Waals surface area contributed by atoms with Gasteiger partial charge in [-0.05, 0) is 0 Å². The van der Waals surface area contributed by atoms with Crippen LogP contribution in [0.15, 0.2) is 24.5 Å². The molecule has 2 N–H and O–H groups in total. The maximum atomic E-state index is 11.2. The number of aliphatic hydroxyl groups is 1. The summed E-state index contributed by atoms with van der Waals surface area (Å²) in [6, 6.07) is 0. The van der Waals surface area contributed by atoms with Crippen molar-refractivity contribution in [2.45, 2.75) is 6.42 Å². The largest absolute Gasteiger partial charge is 0.460 e. The number of H-pyrrole nitrogens is 1. The van der Waals surface area contributed by atoms with E-state index in [1.54, 1.807) is 12.4 Å². The molecule has 0 amide bonds. The summed E-state index contributed by atoms with van der Waals surface area (Å²) in [6.07, 6.45) is 3.60. The smallest absolute Gasteiger partial charge is 0.333 e. The van der Waals surface area contributed by atoms with Crippen LogP contribution in [-0.4, -0.2) is 34.3 Å². The molecule has 0 bridgehead atoms. The van der Waals surface area contributed by atoms with Gasteiger partial charge in [0.25, 0.3) is 0 Å². The molecule has 0 saturated carbocycles. The predicted octanol–water partition coefficient (Wildman–Crippen LogP) is 0.0439. The molecular weight excluding hydrogens is 184 g/mol. The second-order valence-electron chi connectivity index (χ2n) is 2.68. The lowest BCUT2D eigenvalue weighted by atomic mass is 10.2. The van der Waals surface area contributed by atoms with Gasteiger partial charge in [-0.3, -0.25) is 0 Å². The first kappa shape index (κ1) is 10.5. The quantitative estimate of drug-likeness (QED) is 0.515. The van der Waals surface area contributed by atoms with Crippen LogP contribution in [0.25, 0.3) is 0 Å². The molecule has 0 aliphatic carbocycles. The van der Waals surface area contributed by atoms with Crippen LogP contribution in [-0.2, 0) is 16.0 Å². The van der Waals surface area contributed by atoms with Gasteiger partial charge in [0.05, 0.1) is 6.61 Å². The Morgan fingerprint density at radius 3 is 3.07 bits per heavy atom. The fourth-order valence-electron chi connectivity index (χ4n) is 0.909. The van der Waals surface area contributed by atoms with Gasteiger partial charge in [0, 0.05) is 24.4 Å². The normalized spacial score (nSPS) is 9.79. The molecular formula is C9H12N2O3. The third-order valence-corrected chi connectivity index (χ3v) is 1.55. The molecule has 14 heavy (non-hydrogen) atoms. The van der Waals surface area contributed by atoms with Crippen molar-refractivity contribution >= 4 is 5.97 Å². The first-order chi connectivity index (χ1) is 6.74. The fourth-order valence-corrected chi connectivity index (χ4v) is 0.909. The second-order valence-corrected chi connectivity index (χ2v) is 2.68. The zero-order valence-corrected chi connectivity index (χ0v) is 7.69. The highest BCUT2D eigenvalue weighted by atomic mass is 16.5. The number of nitrogens with zero attached hydrogens (tertiary/aromatic N) is 1. The van der Waals surface area contributed by atoms with Crippen molar-refractivity contribution in [3.8, 4) is 0 Å². The minimum absolute atomic E-state index is 0.00396. The van der Waals surface area contributed by atoms with Gasteiger partial charge < -0.3 is 14.8 Å². The van der Waals surface area contributed by atoms with Crippen molar-refractivity contribution in [2.24, 2.45) is 0 Å². The number of nitrogens with one attached hydrogen (secondary N) is 1. The summed E-state index contributed by atoms with van der Waals surface area (Å²) >= 11 is 0. The van der Waals surface area contributed by atoms with Crippen LogP contribution < -0.4 is 0 Å². The lowest BCUT2D eigenvalue weighted by molar-refractivity contribution is -0.140. The minimum Gasteiger partial charge on any atom is -0.460 e. The number of hydrogen-bond acceptors (Lipinski definition) is 4. The standard InChI is InChI=1S/C9H12N2O3/c1-7(9(13)14-5-4-12)6-8-10-2-3-11-8/h2-3,12H,1,4-6H2,(H,10,11). The fraction of sp³-hybridized carbons (Fsp3) is 0.333. The van der Waals surface area contributed by atoms with Crippen LogP contribution in [0.5, 0.6) is 0 Å². The molecule has 0 fully saturated rings. The maximum absolute atomic E-state index is 11.2. The average molecular weight is 196 g/mol. The van der Waals surface area contributed by atoms with Crippen LogP contribution in [0.4, 0.5) is 0 Å². The van der Waals surface area contributed by atoms with Crippen LogP contribution >= 0.6 is 0 Å². The van der Waals surface area contributed by atoms with E-state index in [0.717, 1.165) is 0 Å². The summed E-state index contributed by atoms with van der Waals surface area (Å²) in [4.78, 5) is 17.9. The summed E-state index contributed by atoms with van der Waals surface area (Å²) < 4.78 is 4.67. The summed E-state index contributed by atoms with van der Waals surface area (Å²) in [5.41, 5.74) is 0.313. The molecule has 1 heterocycles. The zero-order chi connectivity index (χ0) is 10.4. The monoisotopic (exact) mass is 196 g/mol. The number of ether oxygens (including phenoxy) is 1. The van der Waals surface area contributed by atoms with Gasteiger partial charge in [0.2, 0.25) is 0 Å². The Balaban J connectivity index is 2.38. The van der Waals surface area contributed by atoms with Crippen molar-refractivity contribution in [3.63, 3.8) is 0 Å². The number of rotatable bonds is 5. The molecule has 0 unspecified atom stereocenters. The zero-order valence-electron chi connectivity index (χ0n) is 7.69. The summed E-state index contributed by atoms with van der Waals surface area (Å²) in [5.74, 6) is 0.159. The van der Waals surface area contributed by atoms with Crippen molar-refractivity contribution in [3.05, 3.63) is 30.4 Å². The first-order valence-electron chi connectivity index (χ1n) is 4.18. The van der Waals surface area contributed by atoms with Crippen molar-refractivity contribution in [1.82, 2.24) is 9.97 Å². The first-order valence-corrected chi connectivity index (χ1v) is 4.18. The Bertz CT molecular complexity index is 306. The second kappa shape index (κ2) is 5.18. The highest BCUT2D eigenvalue weighted by Gasteiger charge is 2.09. The van der Waals surface area contributed by atoms with E-state index in [-0.39, 0.29) is 13.2 Å². The van der Waals surface area contributed by atoms with Crippen molar-refractivity contribution < 1.29 is 14.6 Å². The number of carbonyl (C=O) groups is 1. The molecule has 0 aliphatic heterocycles. The lowest BCUT2D eigenvalue weighted by Gasteiger charge is -2.03. The van der Waals surface area contributed by atoms with E-state index in [2.05, 4.69) is 21.3 Å². The number of aliphatic hydroxyl groups excluding tert-OH is 1. The van der Waals surface area contributed by atoms with Crippen LogP contribution in [0, 0.1) is 0 Å². The molecule has 5 nitrogen and oxygen atoms in total. The van der Waals surface area contributed by atoms with E-state index in [1.165, 1.54) is 0 Å².